The molecule has 0 bridgehead atoms. The van der Waals surface area contributed by atoms with Crippen molar-refractivity contribution >= 4 is 0 Å². The van der Waals surface area contributed by atoms with Gasteiger partial charge in [-0.25, -0.2) is 0 Å². The van der Waals surface area contributed by atoms with E-state index in [2.05, 4.69) is 42.5 Å². The summed E-state index contributed by atoms with van der Waals surface area (Å²) in [5, 5.41) is 0. The van der Waals surface area contributed by atoms with E-state index in [0.717, 1.165) is 13.0 Å². The first-order valence-electron chi connectivity index (χ1n) is 5.45. The molecule has 0 aromatic heterocycles. The SMILES string of the molecule is COCCc1[c]ccc(-c2ccccc2)c1. The Labute approximate surface area is 96.7 Å². The molecule has 0 unspecified atom stereocenters. The molecule has 0 N–H and O–H groups in total. The number of hydrogen-bond donors (Lipinski definition) is 0. The van der Waals surface area contributed by atoms with E-state index in [1.807, 2.05) is 12.1 Å². The highest BCUT2D eigenvalue weighted by molar-refractivity contribution is 5.63. The van der Waals surface area contributed by atoms with Gasteiger partial charge in [0.15, 0.2) is 0 Å². The van der Waals surface area contributed by atoms with Crippen LogP contribution in [0, 0.1) is 6.07 Å². The van der Waals surface area contributed by atoms with Crippen molar-refractivity contribution in [2.24, 2.45) is 0 Å². The number of hydrogen-bond acceptors (Lipinski definition) is 1. The van der Waals surface area contributed by atoms with Gasteiger partial charge < -0.3 is 4.74 Å². The molecule has 0 aliphatic heterocycles. The monoisotopic (exact) mass is 211 g/mol. The van der Waals surface area contributed by atoms with Gasteiger partial charge in [0.25, 0.3) is 0 Å². The summed E-state index contributed by atoms with van der Waals surface area (Å²) in [6.07, 6.45) is 0.914. The van der Waals surface area contributed by atoms with Crippen molar-refractivity contribution in [2.45, 2.75) is 6.42 Å². The normalized spacial score (nSPS) is 10.3. The third kappa shape index (κ3) is 2.71. The molecular weight excluding hydrogens is 196 g/mol. The lowest BCUT2D eigenvalue weighted by Gasteiger charge is -2.04. The van der Waals surface area contributed by atoms with Gasteiger partial charge in [-0.2, -0.15) is 0 Å². The van der Waals surface area contributed by atoms with Gasteiger partial charge in [-0.05, 0) is 29.2 Å². The average molecular weight is 211 g/mol. The maximum Gasteiger partial charge on any atom is 0.0502 e. The topological polar surface area (TPSA) is 9.23 Å². The van der Waals surface area contributed by atoms with Gasteiger partial charge in [-0.1, -0.05) is 48.5 Å². The number of rotatable bonds is 4. The van der Waals surface area contributed by atoms with Crippen molar-refractivity contribution in [1.82, 2.24) is 0 Å². The summed E-state index contributed by atoms with van der Waals surface area (Å²) >= 11 is 0. The summed E-state index contributed by atoms with van der Waals surface area (Å²) < 4.78 is 5.07. The molecule has 0 aliphatic carbocycles. The Kier molecular flexibility index (Phi) is 3.73. The van der Waals surface area contributed by atoms with Crippen LogP contribution in [0.1, 0.15) is 5.56 Å². The predicted molar refractivity (Wildman–Crippen MR) is 66.3 cm³/mol. The van der Waals surface area contributed by atoms with Gasteiger partial charge in [-0.3, -0.25) is 0 Å². The Morgan fingerprint density at radius 1 is 1.06 bits per heavy atom. The van der Waals surface area contributed by atoms with Crippen LogP contribution in [0.15, 0.2) is 48.5 Å². The Morgan fingerprint density at radius 3 is 2.62 bits per heavy atom. The quantitative estimate of drug-likeness (QED) is 0.753. The van der Waals surface area contributed by atoms with Crippen molar-refractivity contribution in [3.63, 3.8) is 0 Å². The molecular formula is C15H15O. The van der Waals surface area contributed by atoms with E-state index in [0.29, 0.717) is 0 Å². The summed E-state index contributed by atoms with van der Waals surface area (Å²) in [5.74, 6) is 0. The molecule has 0 heterocycles. The van der Waals surface area contributed by atoms with Crippen LogP contribution in [0.4, 0.5) is 0 Å². The lowest BCUT2D eigenvalue weighted by Crippen LogP contribution is -1.94. The lowest BCUT2D eigenvalue weighted by atomic mass is 10.0. The molecule has 0 atom stereocenters. The molecule has 1 heteroatoms. The maximum absolute atomic E-state index is 5.07. The van der Waals surface area contributed by atoms with Crippen molar-refractivity contribution in [3.05, 3.63) is 60.2 Å². The van der Waals surface area contributed by atoms with Gasteiger partial charge in [0.2, 0.25) is 0 Å². The van der Waals surface area contributed by atoms with E-state index in [4.69, 9.17) is 4.74 Å². The fourth-order valence-electron chi connectivity index (χ4n) is 1.68. The molecule has 1 radical (unpaired) electrons. The van der Waals surface area contributed by atoms with Gasteiger partial charge in [0.05, 0.1) is 6.61 Å². The molecule has 0 aliphatic rings. The molecule has 81 valence electrons. The second-order valence-corrected chi connectivity index (χ2v) is 3.71. The molecule has 2 rings (SSSR count). The Bertz CT molecular complexity index is 434. The van der Waals surface area contributed by atoms with E-state index in [1.165, 1.54) is 16.7 Å². The highest BCUT2D eigenvalue weighted by Crippen LogP contribution is 2.19. The molecule has 16 heavy (non-hydrogen) atoms. The maximum atomic E-state index is 5.07. The van der Waals surface area contributed by atoms with Crippen LogP contribution < -0.4 is 0 Å². The third-order valence-corrected chi connectivity index (χ3v) is 2.54. The smallest absolute Gasteiger partial charge is 0.0502 e. The van der Waals surface area contributed by atoms with Crippen LogP contribution >= 0.6 is 0 Å². The lowest BCUT2D eigenvalue weighted by molar-refractivity contribution is 0.202. The first-order chi connectivity index (χ1) is 7.90. The molecule has 0 saturated heterocycles. The minimum Gasteiger partial charge on any atom is -0.384 e. The second-order valence-electron chi connectivity index (χ2n) is 3.71. The first kappa shape index (κ1) is 10.9. The highest BCUT2D eigenvalue weighted by atomic mass is 16.5. The van der Waals surface area contributed by atoms with Crippen LogP contribution in [0.25, 0.3) is 11.1 Å². The Balaban J connectivity index is 2.22. The molecule has 1 nitrogen and oxygen atoms in total. The molecule has 0 saturated carbocycles. The van der Waals surface area contributed by atoms with Crippen LogP contribution in [0.2, 0.25) is 0 Å². The molecule has 0 amide bonds. The van der Waals surface area contributed by atoms with Crippen molar-refractivity contribution < 1.29 is 4.74 Å². The number of ether oxygens (including phenoxy) is 1. The summed E-state index contributed by atoms with van der Waals surface area (Å²) in [7, 11) is 1.72. The van der Waals surface area contributed by atoms with E-state index in [9.17, 15) is 0 Å². The summed E-state index contributed by atoms with van der Waals surface area (Å²) in [4.78, 5) is 0. The summed E-state index contributed by atoms with van der Waals surface area (Å²) in [6.45, 7) is 0.745. The zero-order valence-electron chi connectivity index (χ0n) is 9.44. The van der Waals surface area contributed by atoms with E-state index in [1.54, 1.807) is 7.11 Å². The summed E-state index contributed by atoms with van der Waals surface area (Å²) in [5.41, 5.74) is 3.68. The zero-order chi connectivity index (χ0) is 11.2. The minimum absolute atomic E-state index is 0.745. The van der Waals surface area contributed by atoms with E-state index in [-0.39, 0.29) is 0 Å². The van der Waals surface area contributed by atoms with Crippen LogP contribution in [0.5, 0.6) is 0 Å². The van der Waals surface area contributed by atoms with Crippen molar-refractivity contribution in [3.8, 4) is 11.1 Å². The number of benzene rings is 2. The van der Waals surface area contributed by atoms with Gasteiger partial charge >= 0.3 is 0 Å². The van der Waals surface area contributed by atoms with Crippen LogP contribution in [-0.4, -0.2) is 13.7 Å². The first-order valence-corrected chi connectivity index (χ1v) is 5.45. The van der Waals surface area contributed by atoms with E-state index < -0.39 is 0 Å². The zero-order valence-corrected chi connectivity index (χ0v) is 9.44. The highest BCUT2D eigenvalue weighted by Gasteiger charge is 1.98. The third-order valence-electron chi connectivity index (χ3n) is 2.54. The molecule has 0 spiro atoms. The van der Waals surface area contributed by atoms with Crippen LogP contribution in [-0.2, 0) is 11.2 Å². The minimum atomic E-state index is 0.745. The Hall–Kier alpha value is -1.60. The predicted octanol–water partition coefficient (Wildman–Crippen LogP) is 3.34. The van der Waals surface area contributed by atoms with Crippen molar-refractivity contribution in [2.75, 3.05) is 13.7 Å². The molecule has 0 fully saturated rings. The average Bonchev–Trinajstić information content (AvgIpc) is 2.38. The largest absolute Gasteiger partial charge is 0.384 e. The fourth-order valence-corrected chi connectivity index (χ4v) is 1.68. The van der Waals surface area contributed by atoms with Crippen molar-refractivity contribution in [1.29, 1.82) is 0 Å². The number of methoxy groups -OCH3 is 1. The Morgan fingerprint density at radius 2 is 1.88 bits per heavy atom. The van der Waals surface area contributed by atoms with Gasteiger partial charge in [-0.15, -0.1) is 0 Å². The van der Waals surface area contributed by atoms with E-state index >= 15 is 0 Å². The van der Waals surface area contributed by atoms with Crippen LogP contribution in [0.3, 0.4) is 0 Å². The second kappa shape index (κ2) is 5.47. The van der Waals surface area contributed by atoms with Gasteiger partial charge in [0.1, 0.15) is 0 Å². The fraction of sp³-hybridized carbons (Fsp3) is 0.200. The standard InChI is InChI=1S/C15H15O/c1-16-11-10-13-6-5-9-15(12-13)14-7-3-2-4-8-14/h2-5,7-9,12H,10-11H2,1H3. The van der Waals surface area contributed by atoms with Gasteiger partial charge in [0, 0.05) is 7.11 Å². The molecule has 2 aromatic carbocycles. The molecule has 2 aromatic rings. The summed E-state index contributed by atoms with van der Waals surface area (Å²) in [6, 6.07) is 19.9.